The largest absolute Gasteiger partial charge is 0.381 e. The molecule has 0 atom stereocenters. The molecule has 0 bridgehead atoms. The number of nitrogens with one attached hydrogen (secondary N) is 1. The summed E-state index contributed by atoms with van der Waals surface area (Å²) in [4.78, 5) is 26.5. The first-order valence-electron chi connectivity index (χ1n) is 11.3. The average molecular weight is 456 g/mol. The lowest BCUT2D eigenvalue weighted by Gasteiger charge is -2.04. The van der Waals surface area contributed by atoms with Crippen molar-refractivity contribution in [3.05, 3.63) is 75.8 Å². The lowest BCUT2D eigenvalue weighted by atomic mass is 10.0. The molecule has 0 aliphatic rings. The van der Waals surface area contributed by atoms with Crippen LogP contribution < -0.4 is 10.5 Å². The fourth-order valence-electron chi connectivity index (χ4n) is 4.13. The van der Waals surface area contributed by atoms with Crippen LogP contribution in [0.4, 0.5) is 0 Å². The average Bonchev–Trinajstić information content (AvgIpc) is 3.13. The van der Waals surface area contributed by atoms with Gasteiger partial charge in [-0.2, -0.15) is 0 Å². The van der Waals surface area contributed by atoms with Gasteiger partial charge in [-0.3, -0.25) is 0 Å². The third kappa shape index (κ3) is 3.76. The fraction of sp³-hybridized carbons (Fsp3) is 0.269. The standard InChI is InChI=1S/C26H26N6O2/c1-16(2)19-11-9-18(10-12-19)15-27-32-24-22(26(33)31(13-14-34-4)17(3)28-24)23-25(32)30-21-8-6-5-7-20(21)29-23/h5-12,15-16H,13-14H2,1-4H3/p+1/b27-15+. The predicted molar refractivity (Wildman–Crippen MR) is 133 cm³/mol. The normalized spacial score (nSPS) is 12.1. The molecule has 3 heterocycles. The Morgan fingerprint density at radius 2 is 1.79 bits per heavy atom. The van der Waals surface area contributed by atoms with Crippen LogP contribution >= 0.6 is 0 Å². The zero-order chi connectivity index (χ0) is 23.8. The number of methoxy groups -OCH3 is 1. The molecule has 0 radical (unpaired) electrons. The van der Waals surface area contributed by atoms with E-state index in [1.54, 1.807) is 22.6 Å². The van der Waals surface area contributed by atoms with E-state index in [1.165, 1.54) is 5.56 Å². The van der Waals surface area contributed by atoms with E-state index >= 15 is 0 Å². The second kappa shape index (κ2) is 8.79. The van der Waals surface area contributed by atoms with E-state index in [4.69, 9.17) is 19.8 Å². The van der Waals surface area contributed by atoms with Gasteiger partial charge in [0.15, 0.2) is 5.39 Å². The van der Waals surface area contributed by atoms with Gasteiger partial charge in [0.1, 0.15) is 5.52 Å². The number of hydrogen-bond donors (Lipinski definition) is 0. The summed E-state index contributed by atoms with van der Waals surface area (Å²) >= 11 is 0. The number of H-pyrrole nitrogens is 1. The Labute approximate surface area is 196 Å². The Balaban J connectivity index is 1.76. The number of benzene rings is 2. The first kappa shape index (κ1) is 21.9. The Kier molecular flexibility index (Phi) is 5.67. The number of nitrogens with zero attached hydrogens (tertiary/aromatic N) is 5. The molecule has 0 saturated heterocycles. The maximum Gasteiger partial charge on any atom is 0.323 e. The van der Waals surface area contributed by atoms with Gasteiger partial charge in [-0.25, -0.2) is 24.3 Å². The van der Waals surface area contributed by atoms with Gasteiger partial charge in [0, 0.05) is 14.0 Å². The lowest BCUT2D eigenvalue weighted by Crippen LogP contribution is -2.32. The van der Waals surface area contributed by atoms with Crippen LogP contribution in [0.5, 0.6) is 0 Å². The van der Waals surface area contributed by atoms with Crippen LogP contribution in [0.1, 0.15) is 36.7 Å². The van der Waals surface area contributed by atoms with Crippen LogP contribution in [0, 0.1) is 6.92 Å². The second-order valence-corrected chi connectivity index (χ2v) is 8.65. The number of aryl methyl sites for hydroxylation is 1. The van der Waals surface area contributed by atoms with Gasteiger partial charge < -0.3 is 4.74 Å². The molecule has 0 aliphatic carbocycles. The SMILES string of the molecule is COCCn1c(C)[nH+]c2c(c1=O)c1nc3ccccc3nc1n2/N=C/c1ccc(C(C)C)cc1. The minimum Gasteiger partial charge on any atom is -0.381 e. The van der Waals surface area contributed by atoms with Gasteiger partial charge in [-0.05, 0) is 29.2 Å². The molecule has 0 amide bonds. The smallest absolute Gasteiger partial charge is 0.323 e. The van der Waals surface area contributed by atoms with Crippen molar-refractivity contribution in [3.8, 4) is 0 Å². The van der Waals surface area contributed by atoms with Crippen molar-refractivity contribution < 1.29 is 9.72 Å². The molecular formula is C26H27N6O2+. The summed E-state index contributed by atoms with van der Waals surface area (Å²) in [5, 5.41) is 5.19. The molecule has 5 aromatic rings. The Bertz CT molecular complexity index is 1600. The molecule has 5 rings (SSSR count). The van der Waals surface area contributed by atoms with Crippen LogP contribution in [0.3, 0.4) is 0 Å². The van der Waals surface area contributed by atoms with E-state index in [2.05, 4.69) is 31.0 Å². The summed E-state index contributed by atoms with van der Waals surface area (Å²) in [5.41, 5.74) is 5.17. The summed E-state index contributed by atoms with van der Waals surface area (Å²) in [7, 11) is 1.62. The van der Waals surface area contributed by atoms with E-state index in [1.807, 2.05) is 43.3 Å². The molecule has 172 valence electrons. The quantitative estimate of drug-likeness (QED) is 0.366. The topological polar surface area (TPSA) is 88.4 Å². The Morgan fingerprint density at radius 1 is 1.09 bits per heavy atom. The van der Waals surface area contributed by atoms with Crippen LogP contribution in [0.15, 0.2) is 58.4 Å². The fourth-order valence-corrected chi connectivity index (χ4v) is 4.13. The number of fused-ring (bicyclic) bond motifs is 4. The highest BCUT2D eigenvalue weighted by atomic mass is 16.5. The third-order valence-corrected chi connectivity index (χ3v) is 6.05. The van der Waals surface area contributed by atoms with Crippen molar-refractivity contribution in [2.45, 2.75) is 33.2 Å². The minimum absolute atomic E-state index is 0.145. The zero-order valence-electron chi connectivity index (χ0n) is 19.7. The van der Waals surface area contributed by atoms with E-state index in [9.17, 15) is 4.79 Å². The van der Waals surface area contributed by atoms with Gasteiger partial charge >= 0.3 is 5.56 Å². The number of aromatic amines is 1. The van der Waals surface area contributed by atoms with Gasteiger partial charge in [0.25, 0.3) is 5.65 Å². The van der Waals surface area contributed by atoms with Crippen LogP contribution in [-0.4, -0.2) is 39.1 Å². The number of ether oxygens (including phenoxy) is 1. The monoisotopic (exact) mass is 455 g/mol. The number of para-hydroxylation sites is 2. The van der Waals surface area contributed by atoms with E-state index < -0.39 is 0 Å². The maximum atomic E-state index is 13.5. The molecular weight excluding hydrogens is 428 g/mol. The summed E-state index contributed by atoms with van der Waals surface area (Å²) in [6.07, 6.45) is 1.78. The molecule has 0 fully saturated rings. The molecule has 1 N–H and O–H groups in total. The van der Waals surface area contributed by atoms with Gasteiger partial charge in [0.05, 0.1) is 30.4 Å². The van der Waals surface area contributed by atoms with Crippen molar-refractivity contribution in [2.24, 2.45) is 5.10 Å². The van der Waals surface area contributed by atoms with Gasteiger partial charge in [-0.1, -0.05) is 50.2 Å². The molecule has 0 spiro atoms. The van der Waals surface area contributed by atoms with Crippen LogP contribution in [0.2, 0.25) is 0 Å². The number of hydrogen-bond acceptors (Lipinski definition) is 5. The highest BCUT2D eigenvalue weighted by Gasteiger charge is 2.26. The molecule has 0 aliphatic heterocycles. The molecule has 0 saturated carbocycles. The van der Waals surface area contributed by atoms with Crippen molar-refractivity contribution in [3.63, 3.8) is 0 Å². The summed E-state index contributed by atoms with van der Waals surface area (Å²) in [5.74, 6) is 1.17. The lowest BCUT2D eigenvalue weighted by molar-refractivity contribution is -0.368. The molecule has 34 heavy (non-hydrogen) atoms. The third-order valence-electron chi connectivity index (χ3n) is 6.05. The van der Waals surface area contributed by atoms with Crippen LogP contribution in [0.25, 0.3) is 33.2 Å². The summed E-state index contributed by atoms with van der Waals surface area (Å²) < 4.78 is 8.54. The maximum absolute atomic E-state index is 13.5. The van der Waals surface area contributed by atoms with Crippen molar-refractivity contribution >= 4 is 39.4 Å². The van der Waals surface area contributed by atoms with Crippen molar-refractivity contribution in [1.82, 2.24) is 19.2 Å². The van der Waals surface area contributed by atoms with Gasteiger partial charge in [-0.15, -0.1) is 9.78 Å². The van der Waals surface area contributed by atoms with E-state index in [-0.39, 0.29) is 5.56 Å². The minimum atomic E-state index is -0.145. The first-order chi connectivity index (χ1) is 16.5. The van der Waals surface area contributed by atoms with E-state index in [0.29, 0.717) is 47.1 Å². The summed E-state index contributed by atoms with van der Waals surface area (Å²) in [6.45, 7) is 7.07. The highest BCUT2D eigenvalue weighted by molar-refractivity contribution is 6.03. The Morgan fingerprint density at radius 3 is 2.47 bits per heavy atom. The van der Waals surface area contributed by atoms with Crippen LogP contribution in [-0.2, 0) is 11.3 Å². The molecule has 8 heteroatoms. The Hall–Kier alpha value is -3.91. The van der Waals surface area contributed by atoms with E-state index in [0.717, 1.165) is 16.6 Å². The van der Waals surface area contributed by atoms with Crippen molar-refractivity contribution in [1.29, 1.82) is 0 Å². The predicted octanol–water partition coefficient (Wildman–Crippen LogP) is 3.67. The molecule has 3 aromatic heterocycles. The zero-order valence-corrected chi connectivity index (χ0v) is 19.7. The van der Waals surface area contributed by atoms with Gasteiger partial charge in [0.2, 0.25) is 11.5 Å². The van der Waals surface area contributed by atoms with Crippen molar-refractivity contribution in [2.75, 3.05) is 13.7 Å². The number of aromatic nitrogens is 5. The highest BCUT2D eigenvalue weighted by Crippen LogP contribution is 2.24. The summed E-state index contributed by atoms with van der Waals surface area (Å²) in [6, 6.07) is 15.9. The first-order valence-corrected chi connectivity index (χ1v) is 11.3. The number of rotatable bonds is 6. The second-order valence-electron chi connectivity index (χ2n) is 8.65. The molecule has 0 unspecified atom stereocenters. The molecule has 2 aromatic carbocycles. The molecule has 8 nitrogen and oxygen atoms in total.